The van der Waals surface area contributed by atoms with Crippen LogP contribution in [-0.2, 0) is 14.3 Å². The van der Waals surface area contributed by atoms with E-state index in [0.717, 1.165) is 22.3 Å². The maximum Gasteiger partial charge on any atom is 0.338 e. The van der Waals surface area contributed by atoms with Crippen LogP contribution in [0, 0.1) is 0 Å². The average Bonchev–Trinajstić information content (AvgIpc) is 3.38. The highest BCUT2D eigenvalue weighted by Gasteiger charge is 2.23. The zero-order valence-corrected chi connectivity index (χ0v) is 17.4. The molecule has 1 fully saturated rings. The number of hydrogen-bond acceptors (Lipinski definition) is 6. The number of nitrogens with zero attached hydrogens (tertiary/aromatic N) is 3. The van der Waals surface area contributed by atoms with Crippen molar-refractivity contribution < 1.29 is 19.1 Å². The first-order valence-corrected chi connectivity index (χ1v) is 10.6. The van der Waals surface area contributed by atoms with Gasteiger partial charge in [0.1, 0.15) is 0 Å². The van der Waals surface area contributed by atoms with E-state index >= 15 is 0 Å². The molecule has 0 atom stereocenters. The second kappa shape index (κ2) is 8.62. The molecular formula is C22H21N3O4S. The Balaban J connectivity index is 1.38. The number of benzene rings is 2. The average molecular weight is 423 g/mol. The number of ether oxygens (including phenoxy) is 1. The molecule has 1 saturated heterocycles. The number of thiazole rings is 1. The molecule has 7 nitrogen and oxygen atoms in total. The van der Waals surface area contributed by atoms with Crippen molar-refractivity contribution in [1.29, 1.82) is 0 Å². The Morgan fingerprint density at radius 3 is 2.60 bits per heavy atom. The summed E-state index contributed by atoms with van der Waals surface area (Å²) < 4.78 is 6.21. The first-order valence-electron chi connectivity index (χ1n) is 9.80. The lowest BCUT2D eigenvalue weighted by Crippen LogP contribution is -2.34. The molecule has 30 heavy (non-hydrogen) atoms. The summed E-state index contributed by atoms with van der Waals surface area (Å²) in [5.41, 5.74) is 1.93. The van der Waals surface area contributed by atoms with Gasteiger partial charge in [-0.25, -0.2) is 9.78 Å². The highest BCUT2D eigenvalue weighted by molar-refractivity contribution is 7.22. The van der Waals surface area contributed by atoms with Crippen LogP contribution in [0.5, 0.6) is 0 Å². The van der Waals surface area contributed by atoms with Crippen LogP contribution in [0.4, 0.5) is 10.8 Å². The number of anilines is 2. The number of amides is 2. The third-order valence-corrected chi connectivity index (χ3v) is 6.00. The molecule has 154 valence electrons. The Bertz CT molecular complexity index is 1060. The van der Waals surface area contributed by atoms with E-state index in [2.05, 4.69) is 4.98 Å². The van der Waals surface area contributed by atoms with Crippen LogP contribution in [0.3, 0.4) is 0 Å². The molecule has 0 saturated carbocycles. The highest BCUT2D eigenvalue weighted by Crippen LogP contribution is 2.28. The first-order chi connectivity index (χ1) is 14.6. The minimum absolute atomic E-state index is 0.0884. The van der Waals surface area contributed by atoms with E-state index in [0.29, 0.717) is 30.2 Å². The summed E-state index contributed by atoms with van der Waals surface area (Å²) in [7, 11) is 0. The fourth-order valence-electron chi connectivity index (χ4n) is 3.38. The lowest BCUT2D eigenvalue weighted by Gasteiger charge is -2.18. The van der Waals surface area contributed by atoms with Crippen molar-refractivity contribution in [2.75, 3.05) is 29.5 Å². The van der Waals surface area contributed by atoms with Crippen molar-refractivity contribution in [1.82, 2.24) is 4.98 Å². The zero-order chi connectivity index (χ0) is 21.1. The second-order valence-electron chi connectivity index (χ2n) is 6.87. The normalized spacial score (nSPS) is 13.6. The van der Waals surface area contributed by atoms with Crippen LogP contribution in [0.15, 0.2) is 48.5 Å². The smallest absolute Gasteiger partial charge is 0.338 e. The van der Waals surface area contributed by atoms with E-state index < -0.39 is 5.97 Å². The fraction of sp³-hybridized carbons (Fsp3) is 0.273. The van der Waals surface area contributed by atoms with Crippen LogP contribution >= 0.6 is 11.3 Å². The number of rotatable bonds is 6. The Hall–Kier alpha value is -3.26. The number of aromatic nitrogens is 1. The molecule has 0 bridgehead atoms. The molecule has 4 rings (SSSR count). The van der Waals surface area contributed by atoms with Crippen LogP contribution in [-0.4, -0.2) is 42.5 Å². The van der Waals surface area contributed by atoms with Gasteiger partial charge >= 0.3 is 5.97 Å². The van der Waals surface area contributed by atoms with Crippen molar-refractivity contribution in [3.8, 4) is 0 Å². The molecule has 0 aliphatic carbocycles. The minimum atomic E-state index is -0.581. The van der Waals surface area contributed by atoms with Crippen molar-refractivity contribution in [2.45, 2.75) is 19.8 Å². The summed E-state index contributed by atoms with van der Waals surface area (Å²) in [5, 5.41) is 0.583. The first kappa shape index (κ1) is 20.0. The third kappa shape index (κ3) is 4.04. The van der Waals surface area contributed by atoms with E-state index in [-0.39, 0.29) is 18.4 Å². The van der Waals surface area contributed by atoms with Gasteiger partial charge in [-0.2, -0.15) is 0 Å². The van der Waals surface area contributed by atoms with Gasteiger partial charge in [-0.1, -0.05) is 23.5 Å². The number of carbonyl (C=O) groups is 3. The minimum Gasteiger partial charge on any atom is -0.452 e. The molecule has 0 radical (unpaired) electrons. The van der Waals surface area contributed by atoms with E-state index in [1.807, 2.05) is 31.2 Å². The SMILES string of the molecule is CCN(C(=O)COC(=O)c1ccc(N2CCCC2=O)cc1)c1nc2ccccc2s1. The predicted molar refractivity (Wildman–Crippen MR) is 116 cm³/mol. The Labute approximate surface area is 177 Å². The summed E-state index contributed by atoms with van der Waals surface area (Å²) in [6.45, 7) is 2.60. The van der Waals surface area contributed by atoms with Gasteiger partial charge in [0.15, 0.2) is 11.7 Å². The number of fused-ring (bicyclic) bond motifs is 1. The van der Waals surface area contributed by atoms with Gasteiger partial charge < -0.3 is 9.64 Å². The molecule has 0 unspecified atom stereocenters. The summed E-state index contributed by atoms with van der Waals surface area (Å²) in [5.74, 6) is -0.822. The number of likely N-dealkylation sites (N-methyl/N-ethyl adjacent to an activating group) is 1. The maximum absolute atomic E-state index is 12.6. The zero-order valence-electron chi connectivity index (χ0n) is 16.5. The van der Waals surface area contributed by atoms with E-state index in [9.17, 15) is 14.4 Å². The standard InChI is InChI=1S/C22H21N3O4S/c1-2-24(22-23-17-6-3-4-7-18(17)30-22)20(27)14-29-21(28)15-9-11-16(12-10-15)25-13-5-8-19(25)26/h3-4,6-7,9-12H,2,5,8,13-14H2,1H3. The maximum atomic E-state index is 12.6. The van der Waals surface area contributed by atoms with Crippen LogP contribution < -0.4 is 9.80 Å². The molecule has 0 spiro atoms. The molecule has 2 amide bonds. The molecular weight excluding hydrogens is 402 g/mol. The Morgan fingerprint density at radius 1 is 1.17 bits per heavy atom. The number of hydrogen-bond donors (Lipinski definition) is 0. The molecule has 2 heterocycles. The lowest BCUT2D eigenvalue weighted by molar-refractivity contribution is -0.121. The van der Waals surface area contributed by atoms with Gasteiger partial charge in [-0.15, -0.1) is 0 Å². The number of carbonyl (C=O) groups excluding carboxylic acids is 3. The molecule has 1 aromatic heterocycles. The molecule has 8 heteroatoms. The topological polar surface area (TPSA) is 79.8 Å². The molecule has 0 N–H and O–H groups in total. The van der Waals surface area contributed by atoms with Crippen LogP contribution in [0.25, 0.3) is 10.2 Å². The quantitative estimate of drug-likeness (QED) is 0.566. The van der Waals surface area contributed by atoms with Crippen LogP contribution in [0.1, 0.15) is 30.1 Å². The van der Waals surface area contributed by atoms with Crippen molar-refractivity contribution >= 4 is 50.2 Å². The number of esters is 1. The third-order valence-electron chi connectivity index (χ3n) is 4.95. The van der Waals surface area contributed by atoms with Gasteiger partial charge in [0, 0.05) is 25.2 Å². The molecule has 1 aliphatic rings. The van der Waals surface area contributed by atoms with E-state index in [1.165, 1.54) is 16.2 Å². The monoisotopic (exact) mass is 423 g/mol. The highest BCUT2D eigenvalue weighted by atomic mass is 32.1. The second-order valence-corrected chi connectivity index (χ2v) is 7.88. The Kier molecular flexibility index (Phi) is 5.76. The van der Waals surface area contributed by atoms with Gasteiger partial charge in [0.2, 0.25) is 5.91 Å². The summed E-state index contributed by atoms with van der Waals surface area (Å²) in [6, 6.07) is 14.3. The van der Waals surface area contributed by atoms with Crippen molar-refractivity contribution in [3.05, 3.63) is 54.1 Å². The molecule has 2 aromatic carbocycles. The van der Waals surface area contributed by atoms with Gasteiger partial charge in [-0.3, -0.25) is 14.5 Å². The fourth-order valence-corrected chi connectivity index (χ4v) is 4.43. The van der Waals surface area contributed by atoms with Crippen molar-refractivity contribution in [2.24, 2.45) is 0 Å². The van der Waals surface area contributed by atoms with Gasteiger partial charge in [-0.05, 0) is 49.7 Å². The predicted octanol–water partition coefficient (Wildman–Crippen LogP) is 3.63. The molecule has 1 aliphatic heterocycles. The Morgan fingerprint density at radius 2 is 1.93 bits per heavy atom. The summed E-state index contributed by atoms with van der Waals surface area (Å²) in [4.78, 5) is 44.5. The van der Waals surface area contributed by atoms with Crippen molar-refractivity contribution in [3.63, 3.8) is 0 Å². The summed E-state index contributed by atoms with van der Waals surface area (Å²) in [6.07, 6.45) is 1.39. The number of para-hydroxylation sites is 1. The molecule has 3 aromatic rings. The largest absolute Gasteiger partial charge is 0.452 e. The van der Waals surface area contributed by atoms with Crippen LogP contribution in [0.2, 0.25) is 0 Å². The van der Waals surface area contributed by atoms with E-state index in [4.69, 9.17) is 4.74 Å². The summed E-state index contributed by atoms with van der Waals surface area (Å²) >= 11 is 1.42. The van der Waals surface area contributed by atoms with Gasteiger partial charge in [0.25, 0.3) is 5.91 Å². The van der Waals surface area contributed by atoms with E-state index in [1.54, 1.807) is 29.2 Å². The lowest BCUT2D eigenvalue weighted by atomic mass is 10.2. The van der Waals surface area contributed by atoms with Gasteiger partial charge in [0.05, 0.1) is 15.8 Å².